The zero-order valence-electron chi connectivity index (χ0n) is 6.82. The van der Waals surface area contributed by atoms with Crippen molar-refractivity contribution in [2.24, 2.45) is 0 Å². The maximum absolute atomic E-state index is 10.6. The Morgan fingerprint density at radius 2 is 1.85 bits per heavy atom. The number of esters is 1. The normalized spacial score (nSPS) is 9.23. The highest BCUT2D eigenvalue weighted by Crippen LogP contribution is 2.00. The average molecular weight is 178 g/mol. The van der Waals surface area contributed by atoms with Crippen LogP contribution in [0.1, 0.15) is 5.56 Å². The number of ether oxygens (including phenoxy) is 1. The van der Waals surface area contributed by atoms with Crippen molar-refractivity contribution in [1.82, 2.24) is 5.73 Å². The van der Waals surface area contributed by atoms with Crippen molar-refractivity contribution in [2.45, 2.75) is 6.61 Å². The average Bonchev–Trinajstić information content (AvgIpc) is 2.15. The van der Waals surface area contributed by atoms with E-state index in [1.807, 2.05) is 6.07 Å². The molecule has 0 atom stereocenters. The first kappa shape index (κ1) is 9.25. The molecule has 4 nitrogen and oxygen atoms in total. The lowest BCUT2D eigenvalue weighted by atomic mass is 10.2. The number of rotatable bonds is 2. The quantitative estimate of drug-likeness (QED) is 0.490. The van der Waals surface area contributed by atoms with Gasteiger partial charge in [-0.15, -0.1) is 0 Å². The van der Waals surface area contributed by atoms with Crippen LogP contribution in [0.5, 0.6) is 0 Å². The minimum atomic E-state index is -1.32. The maximum atomic E-state index is 10.6. The van der Waals surface area contributed by atoms with Crippen LogP contribution in [0.2, 0.25) is 0 Å². The van der Waals surface area contributed by atoms with Gasteiger partial charge in [0.1, 0.15) is 6.61 Å². The summed E-state index contributed by atoms with van der Waals surface area (Å²) in [5.74, 6) is -2.44. The SMILES string of the molecule is [NH]C(=O)C(=O)OCc1ccccc1. The molecule has 1 rings (SSSR count). The van der Waals surface area contributed by atoms with E-state index in [0.717, 1.165) is 5.56 Å². The summed E-state index contributed by atoms with van der Waals surface area (Å²) in [6.45, 7) is 0.0320. The van der Waals surface area contributed by atoms with Crippen molar-refractivity contribution in [3.8, 4) is 0 Å². The molecule has 0 heterocycles. The molecule has 1 radical (unpaired) electrons. The molecule has 67 valence electrons. The molecule has 0 saturated heterocycles. The standard InChI is InChI=1S/C9H8NO3/c10-8(11)9(12)13-6-7-4-2-1-3-5-7/h1-5,10H,6H2. The minimum Gasteiger partial charge on any atom is -0.454 e. The van der Waals surface area contributed by atoms with E-state index in [0.29, 0.717) is 0 Å². The summed E-state index contributed by atoms with van der Waals surface area (Å²) < 4.78 is 4.51. The Kier molecular flexibility index (Phi) is 3.03. The first-order valence-electron chi connectivity index (χ1n) is 3.67. The van der Waals surface area contributed by atoms with Crippen LogP contribution in [-0.2, 0) is 20.9 Å². The van der Waals surface area contributed by atoms with Crippen LogP contribution in [0.4, 0.5) is 0 Å². The van der Waals surface area contributed by atoms with Gasteiger partial charge in [-0.05, 0) is 5.56 Å². The second kappa shape index (κ2) is 4.25. The molecule has 0 bridgehead atoms. The molecular formula is C9H8NO3. The van der Waals surface area contributed by atoms with Crippen LogP contribution in [-0.4, -0.2) is 11.9 Å². The van der Waals surface area contributed by atoms with E-state index in [1.54, 1.807) is 24.3 Å². The van der Waals surface area contributed by atoms with Crippen LogP contribution in [0.3, 0.4) is 0 Å². The van der Waals surface area contributed by atoms with E-state index in [2.05, 4.69) is 4.74 Å². The number of benzene rings is 1. The number of carbonyl (C=O) groups excluding carboxylic acids is 2. The van der Waals surface area contributed by atoms with Crippen molar-refractivity contribution >= 4 is 11.9 Å². The molecule has 0 spiro atoms. The van der Waals surface area contributed by atoms with Crippen molar-refractivity contribution in [1.29, 1.82) is 0 Å². The van der Waals surface area contributed by atoms with Gasteiger partial charge in [-0.2, -0.15) is 0 Å². The van der Waals surface area contributed by atoms with Crippen molar-refractivity contribution < 1.29 is 14.3 Å². The largest absolute Gasteiger partial charge is 0.454 e. The third kappa shape index (κ3) is 2.94. The summed E-state index contributed by atoms with van der Waals surface area (Å²) in [6.07, 6.45) is 0. The molecule has 0 saturated carbocycles. The number of hydrogen-bond acceptors (Lipinski definition) is 3. The van der Waals surface area contributed by atoms with Gasteiger partial charge in [0.2, 0.25) is 0 Å². The molecule has 1 aromatic rings. The highest BCUT2D eigenvalue weighted by molar-refractivity contribution is 6.31. The second-order valence-corrected chi connectivity index (χ2v) is 2.39. The molecular weight excluding hydrogens is 170 g/mol. The minimum absolute atomic E-state index is 0.0320. The lowest BCUT2D eigenvalue weighted by Crippen LogP contribution is -2.17. The third-order valence-electron chi connectivity index (χ3n) is 1.40. The van der Waals surface area contributed by atoms with Gasteiger partial charge in [-0.1, -0.05) is 30.3 Å². The maximum Gasteiger partial charge on any atom is 0.398 e. The fourth-order valence-corrected chi connectivity index (χ4v) is 0.789. The summed E-state index contributed by atoms with van der Waals surface area (Å²) >= 11 is 0. The predicted octanol–water partition coefficient (Wildman–Crippen LogP) is 0.539. The Balaban J connectivity index is 2.44. The molecule has 4 heteroatoms. The molecule has 0 unspecified atom stereocenters. The first-order valence-corrected chi connectivity index (χ1v) is 3.67. The monoisotopic (exact) mass is 178 g/mol. The fraction of sp³-hybridized carbons (Fsp3) is 0.111. The summed E-state index contributed by atoms with van der Waals surface area (Å²) in [5, 5.41) is 0. The number of hydrogen-bond donors (Lipinski definition) is 0. The van der Waals surface area contributed by atoms with Crippen LogP contribution >= 0.6 is 0 Å². The Labute approximate surface area is 75.3 Å². The third-order valence-corrected chi connectivity index (χ3v) is 1.40. The Morgan fingerprint density at radius 1 is 1.23 bits per heavy atom. The number of carbonyl (C=O) groups is 2. The van der Waals surface area contributed by atoms with Crippen molar-refractivity contribution in [2.75, 3.05) is 0 Å². The summed E-state index contributed by atoms with van der Waals surface area (Å²) in [5.41, 5.74) is 7.23. The Morgan fingerprint density at radius 3 is 2.38 bits per heavy atom. The van der Waals surface area contributed by atoms with E-state index < -0.39 is 11.9 Å². The fourth-order valence-electron chi connectivity index (χ4n) is 0.789. The molecule has 0 aromatic heterocycles. The summed E-state index contributed by atoms with van der Waals surface area (Å²) in [7, 11) is 0. The lowest BCUT2D eigenvalue weighted by Gasteiger charge is -2.00. The Hall–Kier alpha value is -1.84. The smallest absolute Gasteiger partial charge is 0.398 e. The highest BCUT2D eigenvalue weighted by Gasteiger charge is 2.10. The van der Waals surface area contributed by atoms with E-state index >= 15 is 0 Å². The zero-order chi connectivity index (χ0) is 9.68. The van der Waals surface area contributed by atoms with Gasteiger partial charge in [-0.25, -0.2) is 4.79 Å². The topological polar surface area (TPSA) is 67.2 Å². The highest BCUT2D eigenvalue weighted by atomic mass is 16.5. The van der Waals surface area contributed by atoms with E-state index in [1.165, 1.54) is 0 Å². The molecule has 13 heavy (non-hydrogen) atoms. The van der Waals surface area contributed by atoms with Crippen LogP contribution in [0, 0.1) is 0 Å². The predicted molar refractivity (Wildman–Crippen MR) is 44.3 cm³/mol. The van der Waals surface area contributed by atoms with E-state index in [4.69, 9.17) is 5.73 Å². The molecule has 1 amide bonds. The number of nitrogens with one attached hydrogen (secondary N) is 1. The zero-order valence-corrected chi connectivity index (χ0v) is 6.82. The van der Waals surface area contributed by atoms with Crippen molar-refractivity contribution in [3.05, 3.63) is 35.9 Å². The van der Waals surface area contributed by atoms with Gasteiger partial charge in [0, 0.05) is 0 Å². The molecule has 0 fully saturated rings. The number of amides is 1. The van der Waals surface area contributed by atoms with Gasteiger partial charge < -0.3 is 4.74 Å². The molecule has 0 aliphatic rings. The second-order valence-electron chi connectivity index (χ2n) is 2.39. The van der Waals surface area contributed by atoms with Crippen LogP contribution in [0.15, 0.2) is 30.3 Å². The van der Waals surface area contributed by atoms with Gasteiger partial charge >= 0.3 is 11.9 Å². The summed E-state index contributed by atoms with van der Waals surface area (Å²) in [4.78, 5) is 20.7. The summed E-state index contributed by atoms with van der Waals surface area (Å²) in [6, 6.07) is 8.96. The van der Waals surface area contributed by atoms with Gasteiger partial charge in [0.15, 0.2) is 0 Å². The van der Waals surface area contributed by atoms with Gasteiger partial charge in [0.25, 0.3) is 0 Å². The molecule has 1 aromatic carbocycles. The Bertz CT molecular complexity index is 308. The van der Waals surface area contributed by atoms with Crippen molar-refractivity contribution in [3.63, 3.8) is 0 Å². The molecule has 0 aliphatic heterocycles. The molecule has 0 aliphatic carbocycles. The van der Waals surface area contributed by atoms with E-state index in [9.17, 15) is 9.59 Å². The molecule has 1 N–H and O–H groups in total. The van der Waals surface area contributed by atoms with E-state index in [-0.39, 0.29) is 6.61 Å². The van der Waals surface area contributed by atoms with Crippen LogP contribution < -0.4 is 5.73 Å². The lowest BCUT2D eigenvalue weighted by molar-refractivity contribution is -0.154. The van der Waals surface area contributed by atoms with Gasteiger partial charge in [0.05, 0.1) is 0 Å². The first-order chi connectivity index (χ1) is 6.20. The van der Waals surface area contributed by atoms with Crippen LogP contribution in [0.25, 0.3) is 0 Å². The van der Waals surface area contributed by atoms with Gasteiger partial charge in [-0.3, -0.25) is 10.5 Å².